The number of aromatic nitrogens is 2. The van der Waals surface area contributed by atoms with Crippen molar-refractivity contribution in [2.45, 2.75) is 38.8 Å². The van der Waals surface area contributed by atoms with Crippen LogP contribution in [0.2, 0.25) is 0 Å². The molecule has 1 atom stereocenters. The van der Waals surface area contributed by atoms with Crippen LogP contribution in [0.4, 0.5) is 0 Å². The number of hydrogen-bond acceptors (Lipinski definition) is 4. The number of esters is 1. The van der Waals surface area contributed by atoms with Gasteiger partial charge in [0.25, 0.3) is 0 Å². The van der Waals surface area contributed by atoms with Crippen LogP contribution < -0.4 is 5.32 Å². The molecule has 0 bridgehead atoms. The predicted octanol–water partition coefficient (Wildman–Crippen LogP) is 0.899. The van der Waals surface area contributed by atoms with E-state index < -0.39 is 5.97 Å². The number of nitrogens with one attached hydrogen (secondary N) is 1. The highest BCUT2D eigenvalue weighted by Crippen LogP contribution is 2.20. The quantitative estimate of drug-likeness (QED) is 0.789. The van der Waals surface area contributed by atoms with Gasteiger partial charge in [-0.1, -0.05) is 0 Å². The Balaban J connectivity index is 1.99. The normalized spacial score (nSPS) is 16.1. The zero-order chi connectivity index (χ0) is 13.1. The second kappa shape index (κ2) is 5.20. The molecule has 0 spiro atoms. The lowest BCUT2D eigenvalue weighted by atomic mass is 10.3. The van der Waals surface area contributed by atoms with Crippen molar-refractivity contribution in [2.24, 2.45) is 0 Å². The van der Waals surface area contributed by atoms with E-state index in [0.717, 1.165) is 12.8 Å². The van der Waals surface area contributed by atoms with Gasteiger partial charge in [-0.25, -0.2) is 9.78 Å². The van der Waals surface area contributed by atoms with Crippen molar-refractivity contribution in [2.75, 3.05) is 6.61 Å². The Labute approximate surface area is 105 Å². The smallest absolute Gasteiger partial charge is 0.358 e. The van der Waals surface area contributed by atoms with Gasteiger partial charge in [0.2, 0.25) is 5.91 Å². The van der Waals surface area contributed by atoms with Crippen molar-refractivity contribution in [3.63, 3.8) is 0 Å². The first-order valence-electron chi connectivity index (χ1n) is 6.12. The third kappa shape index (κ3) is 2.88. The highest BCUT2D eigenvalue weighted by atomic mass is 16.5. The molecule has 1 aromatic heterocycles. The molecule has 6 heteroatoms. The molecule has 1 saturated carbocycles. The molecule has 2 rings (SSSR count). The van der Waals surface area contributed by atoms with Gasteiger partial charge in [0.1, 0.15) is 6.04 Å². The van der Waals surface area contributed by atoms with E-state index in [-0.39, 0.29) is 17.6 Å². The van der Waals surface area contributed by atoms with E-state index in [4.69, 9.17) is 4.74 Å². The average Bonchev–Trinajstić information content (AvgIpc) is 3.02. The van der Waals surface area contributed by atoms with E-state index in [1.165, 1.54) is 12.5 Å². The first-order valence-corrected chi connectivity index (χ1v) is 6.12. The van der Waals surface area contributed by atoms with E-state index in [2.05, 4.69) is 10.3 Å². The van der Waals surface area contributed by atoms with Gasteiger partial charge in [-0.05, 0) is 26.7 Å². The molecule has 0 aliphatic heterocycles. The zero-order valence-electron chi connectivity index (χ0n) is 10.5. The van der Waals surface area contributed by atoms with Gasteiger partial charge in [-0.15, -0.1) is 0 Å². The molecule has 18 heavy (non-hydrogen) atoms. The van der Waals surface area contributed by atoms with Crippen molar-refractivity contribution in [1.29, 1.82) is 0 Å². The van der Waals surface area contributed by atoms with Gasteiger partial charge in [0.15, 0.2) is 5.69 Å². The van der Waals surface area contributed by atoms with Crippen molar-refractivity contribution < 1.29 is 14.3 Å². The fraction of sp³-hybridized carbons (Fsp3) is 0.583. The highest BCUT2D eigenvalue weighted by molar-refractivity contribution is 5.87. The lowest BCUT2D eigenvalue weighted by Crippen LogP contribution is -2.32. The van der Waals surface area contributed by atoms with Crippen molar-refractivity contribution in [1.82, 2.24) is 14.9 Å². The number of amides is 1. The van der Waals surface area contributed by atoms with Crippen LogP contribution in [0.1, 0.15) is 43.2 Å². The van der Waals surface area contributed by atoms with Gasteiger partial charge in [0.05, 0.1) is 12.9 Å². The summed E-state index contributed by atoms with van der Waals surface area (Å²) < 4.78 is 6.46. The van der Waals surface area contributed by atoms with Gasteiger partial charge < -0.3 is 14.6 Å². The predicted molar refractivity (Wildman–Crippen MR) is 64.1 cm³/mol. The minimum absolute atomic E-state index is 0.0506. The largest absolute Gasteiger partial charge is 0.461 e. The molecule has 0 aromatic carbocycles. The fourth-order valence-corrected chi connectivity index (χ4v) is 1.54. The Bertz CT molecular complexity index is 451. The van der Waals surface area contributed by atoms with Crippen LogP contribution in [0.5, 0.6) is 0 Å². The van der Waals surface area contributed by atoms with E-state index in [9.17, 15) is 9.59 Å². The Kier molecular flexibility index (Phi) is 3.64. The van der Waals surface area contributed by atoms with Crippen LogP contribution >= 0.6 is 0 Å². The minimum Gasteiger partial charge on any atom is -0.461 e. The topological polar surface area (TPSA) is 73.2 Å². The maximum absolute atomic E-state index is 11.8. The zero-order valence-corrected chi connectivity index (χ0v) is 10.5. The lowest BCUT2D eigenvalue weighted by Gasteiger charge is -2.12. The van der Waals surface area contributed by atoms with Crippen LogP contribution in [-0.2, 0) is 9.53 Å². The van der Waals surface area contributed by atoms with Gasteiger partial charge in [-0.3, -0.25) is 4.79 Å². The Hall–Kier alpha value is -1.85. The molecule has 1 heterocycles. The third-order valence-corrected chi connectivity index (χ3v) is 2.84. The second-order valence-corrected chi connectivity index (χ2v) is 4.39. The van der Waals surface area contributed by atoms with E-state index in [0.29, 0.717) is 12.6 Å². The minimum atomic E-state index is -0.467. The van der Waals surface area contributed by atoms with Crippen molar-refractivity contribution >= 4 is 11.9 Å². The van der Waals surface area contributed by atoms with Crippen molar-refractivity contribution in [3.8, 4) is 0 Å². The molecule has 98 valence electrons. The number of carbonyl (C=O) groups is 2. The summed E-state index contributed by atoms with van der Waals surface area (Å²) in [7, 11) is 0. The highest BCUT2D eigenvalue weighted by Gasteiger charge is 2.26. The Morgan fingerprint density at radius 1 is 1.61 bits per heavy atom. The number of imidazole rings is 1. The van der Waals surface area contributed by atoms with Gasteiger partial charge in [-0.2, -0.15) is 0 Å². The molecule has 1 amide bonds. The molecule has 1 fully saturated rings. The summed E-state index contributed by atoms with van der Waals surface area (Å²) in [6.45, 7) is 3.82. The molecule has 1 N–H and O–H groups in total. The standard InChI is InChI=1S/C12H17N3O3/c1-3-18-12(17)10-6-15(7-13-10)8(2)11(16)14-9-4-5-9/h6-9H,3-5H2,1-2H3,(H,14,16). The molecule has 0 saturated heterocycles. The first kappa shape index (κ1) is 12.6. The molecular formula is C12H17N3O3. The lowest BCUT2D eigenvalue weighted by molar-refractivity contribution is -0.124. The summed E-state index contributed by atoms with van der Waals surface area (Å²) in [6, 6.07) is -0.0470. The summed E-state index contributed by atoms with van der Waals surface area (Å²) >= 11 is 0. The van der Waals surface area contributed by atoms with Gasteiger partial charge >= 0.3 is 5.97 Å². The molecule has 1 aromatic rings. The molecule has 1 aliphatic rings. The van der Waals surface area contributed by atoms with Crippen LogP contribution in [-0.4, -0.2) is 34.1 Å². The molecular weight excluding hydrogens is 234 g/mol. The third-order valence-electron chi connectivity index (χ3n) is 2.84. The maximum atomic E-state index is 11.8. The molecule has 6 nitrogen and oxygen atoms in total. The van der Waals surface area contributed by atoms with Crippen LogP contribution in [0.15, 0.2) is 12.5 Å². The van der Waals surface area contributed by atoms with Crippen LogP contribution in [0, 0.1) is 0 Å². The van der Waals surface area contributed by atoms with Crippen molar-refractivity contribution in [3.05, 3.63) is 18.2 Å². The monoisotopic (exact) mass is 251 g/mol. The first-order chi connectivity index (χ1) is 8.61. The number of rotatable bonds is 5. The Morgan fingerprint density at radius 3 is 2.94 bits per heavy atom. The van der Waals surface area contributed by atoms with E-state index in [1.807, 2.05) is 0 Å². The number of carbonyl (C=O) groups excluding carboxylic acids is 2. The van der Waals surface area contributed by atoms with E-state index >= 15 is 0 Å². The molecule has 0 radical (unpaired) electrons. The summed E-state index contributed by atoms with van der Waals surface area (Å²) in [5.41, 5.74) is 0.225. The SMILES string of the molecule is CCOC(=O)c1cn(C(C)C(=O)NC2CC2)cn1. The molecule has 1 unspecified atom stereocenters. The summed E-state index contributed by atoms with van der Waals surface area (Å²) in [5.74, 6) is -0.517. The average molecular weight is 251 g/mol. The summed E-state index contributed by atoms with van der Waals surface area (Å²) in [4.78, 5) is 27.2. The molecule has 1 aliphatic carbocycles. The second-order valence-electron chi connectivity index (χ2n) is 4.39. The van der Waals surface area contributed by atoms with Gasteiger partial charge in [0, 0.05) is 12.2 Å². The number of ether oxygens (including phenoxy) is 1. The van der Waals surface area contributed by atoms with Crippen LogP contribution in [0.25, 0.3) is 0 Å². The Morgan fingerprint density at radius 2 is 2.33 bits per heavy atom. The summed E-state index contributed by atoms with van der Waals surface area (Å²) in [5, 5.41) is 2.91. The van der Waals surface area contributed by atoms with Crippen LogP contribution in [0.3, 0.4) is 0 Å². The summed E-state index contributed by atoms with van der Waals surface area (Å²) in [6.07, 6.45) is 5.12. The fourth-order valence-electron chi connectivity index (χ4n) is 1.54. The maximum Gasteiger partial charge on any atom is 0.358 e. The number of nitrogens with zero attached hydrogens (tertiary/aromatic N) is 2. The number of hydrogen-bond donors (Lipinski definition) is 1. The van der Waals surface area contributed by atoms with E-state index in [1.54, 1.807) is 18.4 Å².